The van der Waals surface area contributed by atoms with Crippen LogP contribution in [0, 0.1) is 22.6 Å². The van der Waals surface area contributed by atoms with Gasteiger partial charge < -0.3 is 10.5 Å². The molecule has 1 aromatic rings. The fourth-order valence-corrected chi connectivity index (χ4v) is 1.06. The number of nitrogens with zero attached hydrogens (tertiary/aromatic N) is 2. The number of nitrogens with two attached hydrogens (primary N) is 1. The zero-order valence-electron chi connectivity index (χ0n) is 9.62. The number of alkyl halides is 3. The summed E-state index contributed by atoms with van der Waals surface area (Å²) in [4.78, 5) is 0. The Morgan fingerprint density at radius 3 is 2.60 bits per heavy atom. The molecule has 6 nitrogen and oxygen atoms in total. The number of benzene rings is 1. The number of hydrogen-bond donors (Lipinski definition) is 3. The van der Waals surface area contributed by atoms with E-state index in [0.29, 0.717) is 6.07 Å². The normalized spacial score (nSPS) is 11.7. The van der Waals surface area contributed by atoms with Gasteiger partial charge in [0, 0.05) is 6.07 Å². The van der Waals surface area contributed by atoms with Crippen LogP contribution in [0.1, 0.15) is 0 Å². The predicted octanol–water partition coefficient (Wildman–Crippen LogP) is 1.95. The first-order valence-electron chi connectivity index (χ1n) is 4.86. The first-order chi connectivity index (χ1) is 9.23. The molecule has 0 atom stereocenters. The van der Waals surface area contributed by atoms with Crippen molar-refractivity contribution >= 4 is 17.2 Å². The lowest BCUT2D eigenvalue weighted by atomic mass is 10.3. The third kappa shape index (κ3) is 4.45. The van der Waals surface area contributed by atoms with E-state index >= 15 is 0 Å². The Hall–Kier alpha value is -2.83. The highest BCUT2D eigenvalue weighted by molar-refractivity contribution is 6.45. The topological polar surface area (TPSA) is 107 Å². The number of amidine groups is 1. The summed E-state index contributed by atoms with van der Waals surface area (Å²) in [5.41, 5.74) is 5.92. The van der Waals surface area contributed by atoms with Crippen LogP contribution in [-0.4, -0.2) is 17.9 Å². The number of hydrogen-bond acceptors (Lipinski definition) is 5. The molecule has 0 heterocycles. The average Bonchev–Trinajstić information content (AvgIpc) is 2.31. The number of nitrogens with one attached hydrogen (secondary N) is 2. The van der Waals surface area contributed by atoms with Gasteiger partial charge in [0.25, 0.3) is 0 Å². The molecule has 10 heteroatoms. The van der Waals surface area contributed by atoms with Crippen molar-refractivity contribution in [3.05, 3.63) is 24.0 Å². The lowest BCUT2D eigenvalue weighted by Gasteiger charge is -2.12. The van der Waals surface area contributed by atoms with E-state index in [1.54, 1.807) is 0 Å². The van der Waals surface area contributed by atoms with Crippen molar-refractivity contribution < 1.29 is 22.3 Å². The van der Waals surface area contributed by atoms with Gasteiger partial charge in [0.2, 0.25) is 5.71 Å². The molecule has 0 aliphatic carbocycles. The number of rotatable bonds is 4. The molecule has 0 aliphatic heterocycles. The Kier molecular flexibility index (Phi) is 4.47. The lowest BCUT2D eigenvalue weighted by molar-refractivity contribution is -0.274. The van der Waals surface area contributed by atoms with Crippen molar-refractivity contribution in [2.24, 2.45) is 10.8 Å². The summed E-state index contributed by atoms with van der Waals surface area (Å²) in [6, 6.07) is 3.61. The summed E-state index contributed by atoms with van der Waals surface area (Å²) in [6.07, 6.45) is -4.98. The van der Waals surface area contributed by atoms with Crippen LogP contribution in [0.4, 0.5) is 23.2 Å². The molecule has 20 heavy (non-hydrogen) atoms. The summed E-state index contributed by atoms with van der Waals surface area (Å²) >= 11 is 0. The molecule has 0 radical (unpaired) electrons. The van der Waals surface area contributed by atoms with E-state index in [-0.39, 0.29) is 0 Å². The third-order valence-corrected chi connectivity index (χ3v) is 1.82. The van der Waals surface area contributed by atoms with E-state index in [9.17, 15) is 17.6 Å². The fraction of sp³-hybridized carbons (Fsp3) is 0.100. The van der Waals surface area contributed by atoms with Gasteiger partial charge in [-0.25, -0.2) is 4.39 Å². The van der Waals surface area contributed by atoms with Crippen LogP contribution in [0.3, 0.4) is 0 Å². The maximum atomic E-state index is 13.0. The second-order valence-electron chi connectivity index (χ2n) is 3.29. The first-order valence-corrected chi connectivity index (χ1v) is 4.86. The van der Waals surface area contributed by atoms with Gasteiger partial charge in [-0.15, -0.1) is 13.2 Å². The molecule has 0 fully saturated rings. The second kappa shape index (κ2) is 5.87. The molecule has 0 aliphatic rings. The molecule has 1 aromatic carbocycles. The van der Waals surface area contributed by atoms with Crippen LogP contribution in [0.15, 0.2) is 23.3 Å². The largest absolute Gasteiger partial charge is 0.573 e. The molecular weight excluding hydrogens is 282 g/mol. The molecule has 0 unspecified atom stereocenters. The van der Waals surface area contributed by atoms with Crippen molar-refractivity contribution in [2.75, 3.05) is 5.43 Å². The van der Waals surface area contributed by atoms with Crippen molar-refractivity contribution in [2.45, 2.75) is 6.36 Å². The van der Waals surface area contributed by atoms with Crippen molar-refractivity contribution in [1.29, 1.82) is 10.7 Å². The van der Waals surface area contributed by atoms with Gasteiger partial charge in [0.05, 0.1) is 0 Å². The second-order valence-corrected chi connectivity index (χ2v) is 3.29. The first kappa shape index (κ1) is 15.2. The zero-order valence-corrected chi connectivity index (χ0v) is 9.62. The molecule has 0 saturated carbocycles. The Bertz CT molecular complexity index is 590. The predicted molar refractivity (Wildman–Crippen MR) is 61.7 cm³/mol. The number of ether oxygens (including phenoxy) is 1. The SMILES string of the molecule is N#C/C(=N\Nc1cc(F)ccc1OC(F)(F)F)C(=N)N. The third-order valence-electron chi connectivity index (χ3n) is 1.82. The van der Waals surface area contributed by atoms with Crippen LogP contribution >= 0.6 is 0 Å². The Labute approximate surface area is 110 Å². The minimum absolute atomic E-state index is 0.476. The molecule has 0 saturated heterocycles. The zero-order chi connectivity index (χ0) is 15.3. The van der Waals surface area contributed by atoms with E-state index in [1.807, 2.05) is 5.43 Å². The fourth-order valence-electron chi connectivity index (χ4n) is 1.06. The van der Waals surface area contributed by atoms with Gasteiger partial charge in [0.1, 0.15) is 17.6 Å². The van der Waals surface area contributed by atoms with Crippen LogP contribution in [-0.2, 0) is 0 Å². The Balaban J connectivity index is 3.08. The van der Waals surface area contributed by atoms with Crippen molar-refractivity contribution in [3.8, 4) is 11.8 Å². The van der Waals surface area contributed by atoms with Gasteiger partial charge in [-0.3, -0.25) is 10.8 Å². The highest BCUT2D eigenvalue weighted by Crippen LogP contribution is 2.30. The highest BCUT2D eigenvalue weighted by Gasteiger charge is 2.32. The van der Waals surface area contributed by atoms with E-state index < -0.39 is 35.2 Å². The number of halogens is 4. The Morgan fingerprint density at radius 2 is 2.10 bits per heavy atom. The molecule has 0 amide bonds. The van der Waals surface area contributed by atoms with Crippen LogP contribution in [0.25, 0.3) is 0 Å². The molecule has 0 bridgehead atoms. The monoisotopic (exact) mass is 289 g/mol. The summed E-state index contributed by atoms with van der Waals surface area (Å²) in [5, 5.41) is 18.8. The van der Waals surface area contributed by atoms with Gasteiger partial charge in [-0.05, 0) is 12.1 Å². The standard InChI is InChI=1S/C10H7F4N5O/c11-5-1-2-8(20-10(12,13)14)6(3-5)18-19-7(4-15)9(16)17/h1-3,18H,(H3,16,17)/b19-7+. The summed E-state index contributed by atoms with van der Waals surface area (Å²) in [6.45, 7) is 0. The maximum absolute atomic E-state index is 13.0. The van der Waals surface area contributed by atoms with E-state index in [0.717, 1.165) is 12.1 Å². The summed E-state index contributed by atoms with van der Waals surface area (Å²) in [5.74, 6) is -2.29. The number of hydrazone groups is 1. The van der Waals surface area contributed by atoms with Gasteiger partial charge in [-0.1, -0.05) is 0 Å². The number of anilines is 1. The smallest absolute Gasteiger partial charge is 0.404 e. The highest BCUT2D eigenvalue weighted by atomic mass is 19.4. The number of nitriles is 1. The van der Waals surface area contributed by atoms with Gasteiger partial charge in [-0.2, -0.15) is 10.4 Å². The maximum Gasteiger partial charge on any atom is 0.573 e. The molecule has 0 aromatic heterocycles. The molecule has 106 valence electrons. The van der Waals surface area contributed by atoms with Crippen LogP contribution in [0.2, 0.25) is 0 Å². The van der Waals surface area contributed by atoms with Crippen LogP contribution < -0.4 is 15.9 Å². The van der Waals surface area contributed by atoms with E-state index in [2.05, 4.69) is 9.84 Å². The van der Waals surface area contributed by atoms with E-state index in [1.165, 1.54) is 6.07 Å². The average molecular weight is 289 g/mol. The van der Waals surface area contributed by atoms with Crippen molar-refractivity contribution in [1.82, 2.24) is 0 Å². The van der Waals surface area contributed by atoms with Gasteiger partial charge in [0.15, 0.2) is 11.6 Å². The van der Waals surface area contributed by atoms with Crippen molar-refractivity contribution in [3.63, 3.8) is 0 Å². The minimum atomic E-state index is -4.98. The molecular formula is C10H7F4N5O. The molecule has 0 spiro atoms. The summed E-state index contributed by atoms with van der Waals surface area (Å²) in [7, 11) is 0. The summed E-state index contributed by atoms with van der Waals surface area (Å²) < 4.78 is 53.0. The van der Waals surface area contributed by atoms with Gasteiger partial charge >= 0.3 is 6.36 Å². The van der Waals surface area contributed by atoms with Crippen LogP contribution in [0.5, 0.6) is 5.75 Å². The van der Waals surface area contributed by atoms with E-state index in [4.69, 9.17) is 16.4 Å². The molecule has 4 N–H and O–H groups in total. The minimum Gasteiger partial charge on any atom is -0.404 e. The molecule has 1 rings (SSSR count). The lowest BCUT2D eigenvalue weighted by Crippen LogP contribution is -2.22. The quantitative estimate of drug-likeness (QED) is 0.341. The Morgan fingerprint density at radius 1 is 1.45 bits per heavy atom.